The molecule has 0 aliphatic carbocycles. The second kappa shape index (κ2) is 5.64. The van der Waals surface area contributed by atoms with Gasteiger partial charge in [0.05, 0.1) is 18.4 Å². The van der Waals surface area contributed by atoms with Crippen LogP contribution in [-0.4, -0.2) is 21.6 Å². The zero-order chi connectivity index (χ0) is 13.0. The summed E-state index contributed by atoms with van der Waals surface area (Å²) >= 11 is 0. The normalized spacial score (nSPS) is 12.4. The van der Waals surface area contributed by atoms with E-state index in [4.69, 9.17) is 10.5 Å². The lowest BCUT2D eigenvalue weighted by atomic mass is 10.2. The van der Waals surface area contributed by atoms with Crippen LogP contribution >= 0.6 is 0 Å². The Hall–Kier alpha value is -1.88. The van der Waals surface area contributed by atoms with E-state index in [-0.39, 0.29) is 6.04 Å². The van der Waals surface area contributed by atoms with Gasteiger partial charge in [-0.2, -0.15) is 0 Å². The predicted molar refractivity (Wildman–Crippen MR) is 69.3 cm³/mol. The van der Waals surface area contributed by atoms with Gasteiger partial charge in [-0.3, -0.25) is 0 Å². The third kappa shape index (κ3) is 3.30. The van der Waals surface area contributed by atoms with Crippen LogP contribution in [0.3, 0.4) is 0 Å². The molecule has 2 N–H and O–H groups in total. The molecular formula is C13H18N4O. The Labute approximate surface area is 107 Å². The van der Waals surface area contributed by atoms with Gasteiger partial charge in [0.1, 0.15) is 12.4 Å². The highest BCUT2D eigenvalue weighted by atomic mass is 16.5. The zero-order valence-corrected chi connectivity index (χ0v) is 10.7. The lowest BCUT2D eigenvalue weighted by molar-refractivity contribution is 0.289. The first-order valence-corrected chi connectivity index (χ1v) is 6.00. The number of hydrogen-bond acceptors (Lipinski definition) is 4. The molecule has 1 aromatic heterocycles. The van der Waals surface area contributed by atoms with Crippen LogP contribution in [-0.2, 0) is 6.54 Å². The first kappa shape index (κ1) is 12.6. The maximum absolute atomic E-state index is 5.72. The van der Waals surface area contributed by atoms with Gasteiger partial charge in [0, 0.05) is 6.04 Å². The van der Waals surface area contributed by atoms with Crippen LogP contribution in [0.5, 0.6) is 5.75 Å². The summed E-state index contributed by atoms with van der Waals surface area (Å²) in [6.45, 7) is 5.15. The van der Waals surface area contributed by atoms with Crippen molar-refractivity contribution in [1.82, 2.24) is 15.0 Å². The first-order valence-electron chi connectivity index (χ1n) is 6.00. The molecule has 0 aliphatic rings. The SMILES string of the molecule is Cc1cccc(OCCn2cc(C(C)N)nn2)c1. The van der Waals surface area contributed by atoms with Crippen LogP contribution in [0.4, 0.5) is 0 Å². The molecule has 0 saturated carbocycles. The van der Waals surface area contributed by atoms with Crippen molar-refractivity contribution in [3.63, 3.8) is 0 Å². The Balaban J connectivity index is 1.84. The van der Waals surface area contributed by atoms with Crippen molar-refractivity contribution >= 4 is 0 Å². The Morgan fingerprint density at radius 3 is 2.94 bits per heavy atom. The smallest absolute Gasteiger partial charge is 0.119 e. The van der Waals surface area contributed by atoms with Gasteiger partial charge in [0.15, 0.2) is 0 Å². The number of nitrogens with zero attached hydrogens (tertiary/aromatic N) is 3. The van der Waals surface area contributed by atoms with Crippen molar-refractivity contribution in [1.29, 1.82) is 0 Å². The lowest BCUT2D eigenvalue weighted by Gasteiger charge is -2.06. The van der Waals surface area contributed by atoms with E-state index in [0.29, 0.717) is 13.2 Å². The Bertz CT molecular complexity index is 507. The molecule has 0 spiro atoms. The van der Waals surface area contributed by atoms with E-state index in [0.717, 1.165) is 11.4 Å². The van der Waals surface area contributed by atoms with Crippen LogP contribution < -0.4 is 10.5 Å². The van der Waals surface area contributed by atoms with Crippen molar-refractivity contribution in [2.75, 3.05) is 6.61 Å². The summed E-state index contributed by atoms with van der Waals surface area (Å²) in [5.74, 6) is 0.877. The van der Waals surface area contributed by atoms with Gasteiger partial charge in [0.2, 0.25) is 0 Å². The Morgan fingerprint density at radius 1 is 1.44 bits per heavy atom. The lowest BCUT2D eigenvalue weighted by Crippen LogP contribution is -2.09. The van der Waals surface area contributed by atoms with Crippen molar-refractivity contribution in [2.45, 2.75) is 26.4 Å². The number of rotatable bonds is 5. The Kier molecular flexibility index (Phi) is 3.94. The van der Waals surface area contributed by atoms with E-state index >= 15 is 0 Å². The van der Waals surface area contributed by atoms with Gasteiger partial charge in [-0.05, 0) is 31.5 Å². The minimum atomic E-state index is -0.0866. The monoisotopic (exact) mass is 246 g/mol. The van der Waals surface area contributed by atoms with Crippen LogP contribution in [0.1, 0.15) is 24.2 Å². The van der Waals surface area contributed by atoms with Crippen LogP contribution in [0.15, 0.2) is 30.5 Å². The standard InChI is InChI=1S/C13H18N4O/c1-10-4-3-5-12(8-10)18-7-6-17-9-13(11(2)14)15-16-17/h3-5,8-9,11H,6-7,14H2,1-2H3. The second-order valence-electron chi connectivity index (χ2n) is 4.36. The summed E-state index contributed by atoms with van der Waals surface area (Å²) in [7, 11) is 0. The van der Waals surface area contributed by atoms with Crippen molar-refractivity contribution in [3.05, 3.63) is 41.7 Å². The van der Waals surface area contributed by atoms with Crippen molar-refractivity contribution in [2.24, 2.45) is 5.73 Å². The largest absolute Gasteiger partial charge is 0.492 e. The molecule has 5 nitrogen and oxygen atoms in total. The number of benzene rings is 1. The molecule has 0 aliphatic heterocycles. The van der Waals surface area contributed by atoms with Crippen LogP contribution in [0.25, 0.3) is 0 Å². The fraction of sp³-hybridized carbons (Fsp3) is 0.385. The summed E-state index contributed by atoms with van der Waals surface area (Å²) < 4.78 is 7.39. The molecule has 2 rings (SSSR count). The van der Waals surface area contributed by atoms with Crippen LogP contribution in [0.2, 0.25) is 0 Å². The number of aromatic nitrogens is 3. The van der Waals surface area contributed by atoms with Gasteiger partial charge < -0.3 is 10.5 Å². The molecule has 0 fully saturated rings. The van der Waals surface area contributed by atoms with Gasteiger partial charge in [-0.15, -0.1) is 5.10 Å². The Morgan fingerprint density at radius 2 is 2.28 bits per heavy atom. The maximum atomic E-state index is 5.72. The third-order valence-corrected chi connectivity index (χ3v) is 2.60. The van der Waals surface area contributed by atoms with Crippen molar-refractivity contribution < 1.29 is 4.74 Å². The molecule has 2 aromatic rings. The number of aryl methyl sites for hydroxylation is 1. The van der Waals surface area contributed by atoms with Gasteiger partial charge in [-0.25, -0.2) is 4.68 Å². The average molecular weight is 246 g/mol. The minimum absolute atomic E-state index is 0.0866. The van der Waals surface area contributed by atoms with E-state index < -0.39 is 0 Å². The van der Waals surface area contributed by atoms with Gasteiger partial charge >= 0.3 is 0 Å². The zero-order valence-electron chi connectivity index (χ0n) is 10.7. The van der Waals surface area contributed by atoms with Gasteiger partial charge in [-0.1, -0.05) is 17.3 Å². The summed E-state index contributed by atoms with van der Waals surface area (Å²) in [4.78, 5) is 0. The molecule has 96 valence electrons. The molecule has 0 bridgehead atoms. The van der Waals surface area contributed by atoms with E-state index in [1.54, 1.807) is 4.68 Å². The topological polar surface area (TPSA) is 66.0 Å². The maximum Gasteiger partial charge on any atom is 0.119 e. The van der Waals surface area contributed by atoms with E-state index in [1.165, 1.54) is 5.56 Å². The minimum Gasteiger partial charge on any atom is -0.492 e. The molecule has 1 atom stereocenters. The van der Waals surface area contributed by atoms with E-state index in [2.05, 4.69) is 10.3 Å². The van der Waals surface area contributed by atoms with Crippen LogP contribution in [0, 0.1) is 6.92 Å². The molecule has 0 radical (unpaired) electrons. The number of ether oxygens (including phenoxy) is 1. The first-order chi connectivity index (χ1) is 8.65. The summed E-state index contributed by atoms with van der Waals surface area (Å²) in [5.41, 5.74) is 7.70. The second-order valence-corrected chi connectivity index (χ2v) is 4.36. The molecule has 5 heteroatoms. The molecule has 18 heavy (non-hydrogen) atoms. The molecule has 0 amide bonds. The quantitative estimate of drug-likeness (QED) is 0.871. The third-order valence-electron chi connectivity index (χ3n) is 2.60. The highest BCUT2D eigenvalue weighted by Gasteiger charge is 2.04. The number of hydrogen-bond donors (Lipinski definition) is 1. The molecule has 1 heterocycles. The van der Waals surface area contributed by atoms with E-state index in [9.17, 15) is 0 Å². The fourth-order valence-electron chi connectivity index (χ4n) is 1.59. The highest BCUT2D eigenvalue weighted by molar-refractivity contribution is 5.27. The van der Waals surface area contributed by atoms with Crippen molar-refractivity contribution in [3.8, 4) is 5.75 Å². The number of nitrogens with two attached hydrogens (primary N) is 1. The van der Waals surface area contributed by atoms with E-state index in [1.807, 2.05) is 44.3 Å². The molecular weight excluding hydrogens is 228 g/mol. The summed E-state index contributed by atoms with van der Waals surface area (Å²) in [5, 5.41) is 7.98. The predicted octanol–water partition coefficient (Wildman–Crippen LogP) is 1.69. The molecule has 1 unspecified atom stereocenters. The highest BCUT2D eigenvalue weighted by Crippen LogP contribution is 2.12. The molecule has 0 saturated heterocycles. The average Bonchev–Trinajstić information content (AvgIpc) is 2.78. The molecule has 1 aromatic carbocycles. The fourth-order valence-corrected chi connectivity index (χ4v) is 1.59. The summed E-state index contributed by atoms with van der Waals surface area (Å²) in [6, 6.07) is 7.89. The summed E-state index contributed by atoms with van der Waals surface area (Å²) in [6.07, 6.45) is 1.85. The van der Waals surface area contributed by atoms with Gasteiger partial charge in [0.25, 0.3) is 0 Å².